The number of anilines is 1. The van der Waals surface area contributed by atoms with Gasteiger partial charge in [0.1, 0.15) is 0 Å². The highest BCUT2D eigenvalue weighted by Gasteiger charge is 2.27. The number of ketones is 1. The molecule has 0 aliphatic carbocycles. The van der Waals surface area contributed by atoms with E-state index < -0.39 is 0 Å². The van der Waals surface area contributed by atoms with E-state index in [-0.39, 0.29) is 5.78 Å². The van der Waals surface area contributed by atoms with Crippen LogP contribution in [-0.2, 0) is 6.42 Å². The Hall–Kier alpha value is -2.09. The number of aryl methyl sites for hydroxylation is 2. The molecule has 0 aromatic heterocycles. The smallest absolute Gasteiger partial charge is 0.182 e. The Labute approximate surface area is 126 Å². The number of carbonyl (C=O) groups excluding carboxylic acids is 1. The van der Waals surface area contributed by atoms with Gasteiger partial charge in [0.15, 0.2) is 5.78 Å². The van der Waals surface area contributed by atoms with Crippen molar-refractivity contribution in [3.05, 3.63) is 64.7 Å². The van der Waals surface area contributed by atoms with Crippen molar-refractivity contribution in [2.24, 2.45) is 0 Å². The summed E-state index contributed by atoms with van der Waals surface area (Å²) in [5.41, 5.74) is 5.77. The molecule has 2 aromatic rings. The molecule has 0 amide bonds. The number of rotatable bonds is 3. The van der Waals surface area contributed by atoms with Gasteiger partial charge in [0.25, 0.3) is 0 Å². The minimum absolute atomic E-state index is 0.196. The molecule has 0 spiro atoms. The standard InChI is InChI=1S/C19H21NO/c1-13-8-9-17(10-14(13)2)19(21)12-20-15(3)11-16-6-4-5-7-18(16)20/h4-10,15H,11-12H2,1-3H3. The quantitative estimate of drug-likeness (QED) is 0.793. The van der Waals surface area contributed by atoms with E-state index in [0.717, 1.165) is 12.0 Å². The van der Waals surface area contributed by atoms with Crippen LogP contribution in [0.2, 0.25) is 0 Å². The number of benzene rings is 2. The molecule has 2 aromatic carbocycles. The first-order valence-corrected chi connectivity index (χ1v) is 7.51. The number of carbonyl (C=O) groups is 1. The maximum absolute atomic E-state index is 12.6. The van der Waals surface area contributed by atoms with Gasteiger partial charge < -0.3 is 4.90 Å². The second kappa shape index (κ2) is 5.36. The molecule has 0 fully saturated rings. The molecular weight excluding hydrogens is 258 g/mol. The Morgan fingerprint density at radius 1 is 1.14 bits per heavy atom. The van der Waals surface area contributed by atoms with Crippen molar-refractivity contribution in [2.45, 2.75) is 33.2 Å². The summed E-state index contributed by atoms with van der Waals surface area (Å²) < 4.78 is 0. The lowest BCUT2D eigenvalue weighted by atomic mass is 10.0. The van der Waals surface area contributed by atoms with E-state index >= 15 is 0 Å². The molecule has 0 saturated carbocycles. The third-order valence-electron chi connectivity index (χ3n) is 4.49. The summed E-state index contributed by atoms with van der Waals surface area (Å²) in [4.78, 5) is 14.8. The van der Waals surface area contributed by atoms with Crippen molar-refractivity contribution in [3.8, 4) is 0 Å². The highest BCUT2D eigenvalue weighted by atomic mass is 16.1. The molecule has 0 bridgehead atoms. The van der Waals surface area contributed by atoms with Gasteiger partial charge in [-0.25, -0.2) is 0 Å². The van der Waals surface area contributed by atoms with Crippen LogP contribution in [0.5, 0.6) is 0 Å². The zero-order valence-electron chi connectivity index (χ0n) is 12.9. The van der Waals surface area contributed by atoms with Gasteiger partial charge in [-0.05, 0) is 56.0 Å². The summed E-state index contributed by atoms with van der Waals surface area (Å²) in [5, 5.41) is 0. The fourth-order valence-electron chi connectivity index (χ4n) is 3.03. The molecule has 0 radical (unpaired) electrons. The van der Waals surface area contributed by atoms with Gasteiger partial charge in [0, 0.05) is 17.3 Å². The molecule has 1 aliphatic heterocycles. The first-order chi connectivity index (χ1) is 10.1. The third kappa shape index (κ3) is 2.58. The SMILES string of the molecule is Cc1ccc(C(=O)CN2c3ccccc3CC2C)cc1C. The Morgan fingerprint density at radius 3 is 2.67 bits per heavy atom. The number of hydrogen-bond donors (Lipinski definition) is 0. The second-order valence-electron chi connectivity index (χ2n) is 6.03. The van der Waals surface area contributed by atoms with E-state index in [9.17, 15) is 4.79 Å². The fraction of sp³-hybridized carbons (Fsp3) is 0.316. The first kappa shape index (κ1) is 13.9. The fourth-order valence-corrected chi connectivity index (χ4v) is 3.03. The van der Waals surface area contributed by atoms with Crippen molar-refractivity contribution < 1.29 is 4.79 Å². The molecule has 1 atom stereocenters. The average Bonchev–Trinajstić information content (AvgIpc) is 2.78. The van der Waals surface area contributed by atoms with E-state index in [1.165, 1.54) is 22.4 Å². The number of hydrogen-bond acceptors (Lipinski definition) is 2. The number of para-hydroxylation sites is 1. The summed E-state index contributed by atoms with van der Waals surface area (Å²) in [5.74, 6) is 0.196. The van der Waals surface area contributed by atoms with Crippen molar-refractivity contribution >= 4 is 11.5 Å². The van der Waals surface area contributed by atoms with Crippen LogP contribution in [0.1, 0.15) is 34.0 Å². The van der Waals surface area contributed by atoms with Gasteiger partial charge in [0.05, 0.1) is 6.54 Å². The first-order valence-electron chi connectivity index (χ1n) is 7.51. The van der Waals surface area contributed by atoms with Gasteiger partial charge in [0.2, 0.25) is 0 Å². The van der Waals surface area contributed by atoms with Crippen LogP contribution in [0.15, 0.2) is 42.5 Å². The molecule has 2 heteroatoms. The Kier molecular flexibility index (Phi) is 3.54. The summed E-state index contributed by atoms with van der Waals surface area (Å²) in [7, 11) is 0. The number of Topliss-reactive ketones (excluding diaryl/α,β-unsaturated/α-hetero) is 1. The Morgan fingerprint density at radius 2 is 1.90 bits per heavy atom. The van der Waals surface area contributed by atoms with Crippen LogP contribution < -0.4 is 4.90 Å². The summed E-state index contributed by atoms with van der Waals surface area (Å²) in [6, 6.07) is 14.8. The van der Waals surface area contributed by atoms with E-state index in [4.69, 9.17) is 0 Å². The highest BCUT2D eigenvalue weighted by Crippen LogP contribution is 2.31. The van der Waals surface area contributed by atoms with Crippen LogP contribution in [0.4, 0.5) is 5.69 Å². The molecule has 108 valence electrons. The molecule has 0 saturated heterocycles. The van der Waals surface area contributed by atoms with Crippen LogP contribution in [-0.4, -0.2) is 18.4 Å². The minimum atomic E-state index is 0.196. The molecular formula is C19H21NO. The lowest BCUT2D eigenvalue weighted by molar-refractivity contribution is 0.0997. The van der Waals surface area contributed by atoms with Crippen LogP contribution in [0.3, 0.4) is 0 Å². The molecule has 21 heavy (non-hydrogen) atoms. The minimum Gasteiger partial charge on any atom is -0.361 e. The van der Waals surface area contributed by atoms with E-state index in [0.29, 0.717) is 12.6 Å². The van der Waals surface area contributed by atoms with Crippen molar-refractivity contribution in [2.75, 3.05) is 11.4 Å². The Bertz CT molecular complexity index is 690. The second-order valence-corrected chi connectivity index (χ2v) is 6.03. The van der Waals surface area contributed by atoms with Crippen LogP contribution in [0, 0.1) is 13.8 Å². The topological polar surface area (TPSA) is 20.3 Å². The van der Waals surface area contributed by atoms with E-state index in [1.807, 2.05) is 24.3 Å². The van der Waals surface area contributed by atoms with Gasteiger partial charge in [-0.15, -0.1) is 0 Å². The third-order valence-corrected chi connectivity index (χ3v) is 4.49. The van der Waals surface area contributed by atoms with E-state index in [1.54, 1.807) is 0 Å². The monoisotopic (exact) mass is 279 g/mol. The predicted molar refractivity (Wildman–Crippen MR) is 87.2 cm³/mol. The van der Waals surface area contributed by atoms with Crippen molar-refractivity contribution in [1.82, 2.24) is 0 Å². The predicted octanol–water partition coefficient (Wildman–Crippen LogP) is 3.94. The highest BCUT2D eigenvalue weighted by molar-refractivity contribution is 5.99. The summed E-state index contributed by atoms with van der Waals surface area (Å²) in [6.07, 6.45) is 1.02. The van der Waals surface area contributed by atoms with Gasteiger partial charge in [-0.3, -0.25) is 4.79 Å². The lowest BCUT2D eigenvalue weighted by Gasteiger charge is -2.24. The molecule has 0 N–H and O–H groups in total. The van der Waals surface area contributed by atoms with Gasteiger partial charge in [-0.1, -0.05) is 30.3 Å². The normalized spacial score (nSPS) is 16.9. The zero-order chi connectivity index (χ0) is 15.0. The maximum atomic E-state index is 12.6. The molecule has 2 nitrogen and oxygen atoms in total. The van der Waals surface area contributed by atoms with Gasteiger partial charge in [-0.2, -0.15) is 0 Å². The Balaban J connectivity index is 1.83. The maximum Gasteiger partial charge on any atom is 0.182 e. The molecule has 3 rings (SSSR count). The number of nitrogens with zero attached hydrogens (tertiary/aromatic N) is 1. The van der Waals surface area contributed by atoms with Crippen LogP contribution >= 0.6 is 0 Å². The lowest BCUT2D eigenvalue weighted by Crippen LogP contribution is -2.34. The molecule has 1 unspecified atom stereocenters. The van der Waals surface area contributed by atoms with Crippen LogP contribution in [0.25, 0.3) is 0 Å². The molecule has 1 heterocycles. The molecule has 1 aliphatic rings. The van der Waals surface area contributed by atoms with E-state index in [2.05, 4.69) is 43.9 Å². The summed E-state index contributed by atoms with van der Waals surface area (Å²) in [6.45, 7) is 6.77. The van der Waals surface area contributed by atoms with Gasteiger partial charge >= 0.3 is 0 Å². The average molecular weight is 279 g/mol. The zero-order valence-corrected chi connectivity index (χ0v) is 12.9. The number of fused-ring (bicyclic) bond motifs is 1. The summed E-state index contributed by atoms with van der Waals surface area (Å²) >= 11 is 0. The largest absolute Gasteiger partial charge is 0.361 e. The van der Waals surface area contributed by atoms with Crippen molar-refractivity contribution in [1.29, 1.82) is 0 Å². The van der Waals surface area contributed by atoms with Crippen molar-refractivity contribution in [3.63, 3.8) is 0 Å².